The minimum atomic E-state index is -0.796. The fraction of sp³-hybridized carbons (Fsp3) is 0.333. The van der Waals surface area contributed by atoms with Crippen LogP contribution < -0.4 is 0 Å². The Morgan fingerprint density at radius 1 is 1.90 bits per heavy atom. The van der Waals surface area contributed by atoms with Crippen LogP contribution in [0.5, 0.6) is 0 Å². The highest BCUT2D eigenvalue weighted by molar-refractivity contribution is 8.03. The Morgan fingerprint density at radius 3 is 3.20 bits per heavy atom. The van der Waals surface area contributed by atoms with Crippen molar-refractivity contribution in [3.05, 3.63) is 11.1 Å². The molecule has 1 rings (SSSR count). The van der Waals surface area contributed by atoms with E-state index in [4.69, 9.17) is 5.11 Å². The molecule has 0 aromatic heterocycles. The number of hydrogen-bond donors (Lipinski definition) is 1. The lowest BCUT2D eigenvalue weighted by molar-refractivity contribution is -0.136. The molecule has 10 heavy (non-hydrogen) atoms. The van der Waals surface area contributed by atoms with Gasteiger partial charge in [0.05, 0.1) is 6.42 Å². The fourth-order valence-corrected chi connectivity index (χ4v) is 1.34. The van der Waals surface area contributed by atoms with Gasteiger partial charge in [-0.1, -0.05) is 0 Å². The first kappa shape index (κ1) is 7.34. The standard InChI is InChI=1S/C6H7NO2S/c8-6(9)3-5-4-7-1-2-10-5/h1,4H,2-3H2,(H,8,9). The lowest BCUT2D eigenvalue weighted by Crippen LogP contribution is -1.97. The smallest absolute Gasteiger partial charge is 0.308 e. The molecule has 0 atom stereocenters. The Balaban J connectivity index is 2.47. The molecule has 0 aromatic carbocycles. The summed E-state index contributed by atoms with van der Waals surface area (Å²) >= 11 is 1.52. The average molecular weight is 157 g/mol. The summed E-state index contributed by atoms with van der Waals surface area (Å²) in [7, 11) is 0. The zero-order valence-corrected chi connectivity index (χ0v) is 6.10. The molecule has 1 aliphatic heterocycles. The van der Waals surface area contributed by atoms with Gasteiger partial charge in [0.15, 0.2) is 0 Å². The first-order valence-corrected chi connectivity index (χ1v) is 3.83. The molecule has 0 aromatic rings. The Bertz CT molecular complexity index is 198. The van der Waals surface area contributed by atoms with Crippen LogP contribution in [0.2, 0.25) is 0 Å². The summed E-state index contributed by atoms with van der Waals surface area (Å²) in [6.45, 7) is 0. The molecule has 1 aliphatic rings. The summed E-state index contributed by atoms with van der Waals surface area (Å²) in [6.07, 6.45) is 3.46. The van der Waals surface area contributed by atoms with Crippen LogP contribution in [-0.4, -0.2) is 23.0 Å². The summed E-state index contributed by atoms with van der Waals surface area (Å²) in [6, 6.07) is 0. The molecule has 0 saturated heterocycles. The third kappa shape index (κ3) is 2.23. The van der Waals surface area contributed by atoms with Crippen LogP contribution in [0.1, 0.15) is 6.42 Å². The minimum Gasteiger partial charge on any atom is -0.481 e. The molecule has 0 aliphatic carbocycles. The Morgan fingerprint density at radius 2 is 2.70 bits per heavy atom. The number of carbonyl (C=O) groups is 1. The molecular weight excluding hydrogens is 150 g/mol. The van der Waals surface area contributed by atoms with Crippen LogP contribution in [0.25, 0.3) is 0 Å². The molecule has 0 saturated carbocycles. The SMILES string of the molecule is O=C(O)CC1=CN=CCS1. The fourth-order valence-electron chi connectivity index (χ4n) is 0.606. The third-order valence-corrected chi connectivity index (χ3v) is 1.93. The van der Waals surface area contributed by atoms with Crippen LogP contribution in [0.3, 0.4) is 0 Å². The maximum absolute atomic E-state index is 10.2. The van der Waals surface area contributed by atoms with Gasteiger partial charge in [0, 0.05) is 23.1 Å². The minimum absolute atomic E-state index is 0.0992. The second-order valence-electron chi connectivity index (χ2n) is 1.81. The predicted molar refractivity (Wildman–Crippen MR) is 41.3 cm³/mol. The topological polar surface area (TPSA) is 49.7 Å². The van der Waals surface area contributed by atoms with Gasteiger partial charge in [-0.2, -0.15) is 0 Å². The van der Waals surface area contributed by atoms with E-state index in [-0.39, 0.29) is 6.42 Å². The van der Waals surface area contributed by atoms with Crippen LogP contribution in [0.15, 0.2) is 16.1 Å². The highest BCUT2D eigenvalue weighted by atomic mass is 32.2. The number of hydrogen-bond acceptors (Lipinski definition) is 3. The van der Waals surface area contributed by atoms with Gasteiger partial charge in [-0.3, -0.25) is 9.79 Å². The van der Waals surface area contributed by atoms with Crippen molar-refractivity contribution in [3.8, 4) is 0 Å². The van der Waals surface area contributed by atoms with Crippen LogP contribution in [0.4, 0.5) is 0 Å². The maximum atomic E-state index is 10.2. The number of thioether (sulfide) groups is 1. The predicted octanol–water partition coefficient (Wildman–Crippen LogP) is 1.12. The Hall–Kier alpha value is -0.770. The Kier molecular flexibility index (Phi) is 2.50. The summed E-state index contributed by atoms with van der Waals surface area (Å²) in [5.41, 5.74) is 0. The van der Waals surface area contributed by atoms with Gasteiger partial charge >= 0.3 is 5.97 Å². The largest absolute Gasteiger partial charge is 0.481 e. The molecule has 0 fully saturated rings. The zero-order valence-electron chi connectivity index (χ0n) is 5.28. The highest BCUT2D eigenvalue weighted by Gasteiger charge is 2.05. The summed E-state index contributed by atoms with van der Waals surface area (Å²) in [5, 5.41) is 8.36. The van der Waals surface area contributed by atoms with Crippen molar-refractivity contribution < 1.29 is 9.90 Å². The van der Waals surface area contributed by atoms with E-state index in [9.17, 15) is 4.79 Å². The number of aliphatic imine (C=N–C) groups is 1. The average Bonchev–Trinajstić information content (AvgIpc) is 1.88. The van der Waals surface area contributed by atoms with Crippen LogP contribution in [-0.2, 0) is 4.79 Å². The van der Waals surface area contributed by atoms with E-state index in [1.54, 1.807) is 12.4 Å². The van der Waals surface area contributed by atoms with Crippen molar-refractivity contribution in [3.63, 3.8) is 0 Å². The highest BCUT2D eigenvalue weighted by Crippen LogP contribution is 2.20. The van der Waals surface area contributed by atoms with Gasteiger partial charge in [0.1, 0.15) is 0 Å². The third-order valence-electron chi connectivity index (χ3n) is 0.993. The first-order valence-electron chi connectivity index (χ1n) is 2.84. The van der Waals surface area contributed by atoms with Crippen LogP contribution in [0, 0.1) is 0 Å². The van der Waals surface area contributed by atoms with Crippen molar-refractivity contribution in [2.75, 3.05) is 5.75 Å². The molecule has 0 bridgehead atoms. The van der Waals surface area contributed by atoms with E-state index in [2.05, 4.69) is 4.99 Å². The van der Waals surface area contributed by atoms with Gasteiger partial charge in [0.2, 0.25) is 0 Å². The second kappa shape index (κ2) is 3.41. The van der Waals surface area contributed by atoms with Crippen LogP contribution >= 0.6 is 11.8 Å². The lowest BCUT2D eigenvalue weighted by Gasteiger charge is -2.03. The molecule has 3 nitrogen and oxygen atoms in total. The number of carboxylic acid groups (broad SMARTS) is 1. The monoisotopic (exact) mass is 157 g/mol. The molecule has 1 N–H and O–H groups in total. The van der Waals surface area contributed by atoms with Gasteiger partial charge in [-0.05, 0) is 0 Å². The lowest BCUT2D eigenvalue weighted by atomic mass is 10.4. The van der Waals surface area contributed by atoms with E-state index in [0.717, 1.165) is 10.7 Å². The van der Waals surface area contributed by atoms with Crippen molar-refractivity contribution in [1.29, 1.82) is 0 Å². The van der Waals surface area contributed by atoms with Crippen molar-refractivity contribution in [2.24, 2.45) is 4.99 Å². The molecule has 54 valence electrons. The number of carboxylic acids is 1. The van der Waals surface area contributed by atoms with Gasteiger partial charge in [-0.15, -0.1) is 11.8 Å². The first-order chi connectivity index (χ1) is 4.79. The molecule has 0 unspecified atom stereocenters. The summed E-state index contributed by atoms with van der Waals surface area (Å²) in [4.78, 5) is 14.8. The Labute approximate surface area is 62.8 Å². The van der Waals surface area contributed by atoms with E-state index in [1.165, 1.54) is 11.8 Å². The van der Waals surface area contributed by atoms with Gasteiger partial charge in [0.25, 0.3) is 0 Å². The van der Waals surface area contributed by atoms with Crippen molar-refractivity contribution >= 4 is 23.9 Å². The van der Waals surface area contributed by atoms with E-state index < -0.39 is 5.97 Å². The van der Waals surface area contributed by atoms with Gasteiger partial charge in [-0.25, -0.2) is 0 Å². The van der Waals surface area contributed by atoms with Crippen molar-refractivity contribution in [1.82, 2.24) is 0 Å². The van der Waals surface area contributed by atoms with E-state index in [1.807, 2.05) is 0 Å². The molecule has 1 heterocycles. The molecule has 0 amide bonds. The molecule has 4 heteroatoms. The zero-order chi connectivity index (χ0) is 7.40. The second-order valence-corrected chi connectivity index (χ2v) is 2.95. The quantitative estimate of drug-likeness (QED) is 0.653. The normalized spacial score (nSPS) is 16.6. The van der Waals surface area contributed by atoms with Gasteiger partial charge < -0.3 is 5.11 Å². The number of aliphatic carboxylic acids is 1. The van der Waals surface area contributed by atoms with E-state index in [0.29, 0.717) is 0 Å². The number of nitrogens with zero attached hydrogens (tertiary/aromatic N) is 1. The maximum Gasteiger partial charge on any atom is 0.308 e. The molecular formula is C6H7NO2S. The molecule has 0 radical (unpaired) electrons. The summed E-state index contributed by atoms with van der Waals surface area (Å²) in [5.74, 6) is -0.00472. The van der Waals surface area contributed by atoms with Crippen molar-refractivity contribution in [2.45, 2.75) is 6.42 Å². The number of rotatable bonds is 2. The van der Waals surface area contributed by atoms with E-state index >= 15 is 0 Å². The summed E-state index contributed by atoms with van der Waals surface area (Å²) < 4.78 is 0. The molecule has 0 spiro atoms.